The van der Waals surface area contributed by atoms with E-state index in [1.807, 2.05) is 18.2 Å². The first-order chi connectivity index (χ1) is 5.75. The zero-order valence-corrected chi connectivity index (χ0v) is 7.79. The van der Waals surface area contributed by atoms with Crippen LogP contribution in [0.4, 0.5) is 0 Å². The normalized spacial score (nSPS) is 13.2. The lowest BCUT2D eigenvalue weighted by molar-refractivity contribution is 0.396. The van der Waals surface area contributed by atoms with Crippen molar-refractivity contribution in [1.29, 1.82) is 0 Å². The lowest BCUT2D eigenvalue weighted by atomic mass is 9.90. The molecule has 0 spiro atoms. The summed E-state index contributed by atoms with van der Waals surface area (Å²) in [6, 6.07) is 3.97. The highest BCUT2D eigenvalue weighted by atomic mass is 16.3. The van der Waals surface area contributed by atoms with Gasteiger partial charge in [-0.25, -0.2) is 0 Å². The molecule has 1 rings (SSSR count). The highest BCUT2D eigenvalue weighted by Crippen LogP contribution is 2.28. The molecule has 0 aromatic carbocycles. The fourth-order valence-electron chi connectivity index (χ4n) is 1.40. The summed E-state index contributed by atoms with van der Waals surface area (Å²) >= 11 is 0. The Morgan fingerprint density at radius 3 is 2.75 bits per heavy atom. The summed E-state index contributed by atoms with van der Waals surface area (Å²) in [5.74, 6) is 2.16. The summed E-state index contributed by atoms with van der Waals surface area (Å²) in [7, 11) is 0. The van der Waals surface area contributed by atoms with Crippen LogP contribution < -0.4 is 0 Å². The van der Waals surface area contributed by atoms with Crippen molar-refractivity contribution < 1.29 is 4.42 Å². The van der Waals surface area contributed by atoms with Gasteiger partial charge in [0.1, 0.15) is 5.76 Å². The van der Waals surface area contributed by atoms with Gasteiger partial charge in [-0.3, -0.25) is 0 Å². The van der Waals surface area contributed by atoms with Gasteiger partial charge >= 0.3 is 0 Å². The first kappa shape index (κ1) is 9.11. The summed E-state index contributed by atoms with van der Waals surface area (Å²) < 4.78 is 5.36. The van der Waals surface area contributed by atoms with Gasteiger partial charge < -0.3 is 4.42 Å². The molecule has 0 amide bonds. The molecule has 1 nitrogen and oxygen atoms in total. The van der Waals surface area contributed by atoms with Crippen molar-refractivity contribution in [2.75, 3.05) is 0 Å². The van der Waals surface area contributed by atoms with Gasteiger partial charge in [-0.05, 0) is 24.5 Å². The summed E-state index contributed by atoms with van der Waals surface area (Å²) in [4.78, 5) is 0. The van der Waals surface area contributed by atoms with Gasteiger partial charge in [0.2, 0.25) is 0 Å². The Labute approximate surface area is 74.1 Å². The SMILES string of the molecule is C=CCC(c1ccco1)C(C)C. The topological polar surface area (TPSA) is 13.1 Å². The van der Waals surface area contributed by atoms with Crippen molar-refractivity contribution in [3.05, 3.63) is 36.8 Å². The van der Waals surface area contributed by atoms with Gasteiger partial charge in [-0.15, -0.1) is 6.58 Å². The smallest absolute Gasteiger partial charge is 0.107 e. The molecule has 1 heterocycles. The summed E-state index contributed by atoms with van der Waals surface area (Å²) in [5, 5.41) is 0. The molecule has 0 bridgehead atoms. The maximum Gasteiger partial charge on any atom is 0.107 e. The molecule has 0 aliphatic heterocycles. The van der Waals surface area contributed by atoms with Crippen molar-refractivity contribution in [2.45, 2.75) is 26.2 Å². The van der Waals surface area contributed by atoms with Gasteiger partial charge in [0.15, 0.2) is 0 Å². The largest absolute Gasteiger partial charge is 0.469 e. The zero-order valence-electron chi connectivity index (χ0n) is 7.79. The average molecular weight is 164 g/mol. The van der Waals surface area contributed by atoms with E-state index < -0.39 is 0 Å². The predicted molar refractivity (Wildman–Crippen MR) is 51.1 cm³/mol. The van der Waals surface area contributed by atoms with Gasteiger partial charge in [-0.2, -0.15) is 0 Å². The van der Waals surface area contributed by atoms with Crippen LogP contribution in [0.2, 0.25) is 0 Å². The lowest BCUT2D eigenvalue weighted by Crippen LogP contribution is -2.04. The number of hydrogen-bond donors (Lipinski definition) is 0. The summed E-state index contributed by atoms with van der Waals surface area (Å²) in [5.41, 5.74) is 0. The van der Waals surface area contributed by atoms with Crippen LogP contribution in [0, 0.1) is 5.92 Å². The molecule has 0 aliphatic carbocycles. The number of furan rings is 1. The minimum absolute atomic E-state index is 0.484. The molecule has 0 aliphatic rings. The Morgan fingerprint density at radius 2 is 2.33 bits per heavy atom. The lowest BCUT2D eigenvalue weighted by Gasteiger charge is -2.15. The monoisotopic (exact) mass is 164 g/mol. The molecule has 0 fully saturated rings. The Kier molecular flexibility index (Phi) is 3.15. The van der Waals surface area contributed by atoms with E-state index in [4.69, 9.17) is 4.42 Å². The maximum atomic E-state index is 5.36. The second-order valence-electron chi connectivity index (χ2n) is 3.39. The molecule has 12 heavy (non-hydrogen) atoms. The molecule has 0 saturated heterocycles. The van der Waals surface area contributed by atoms with Crippen LogP contribution in [-0.4, -0.2) is 0 Å². The highest BCUT2D eigenvalue weighted by Gasteiger charge is 2.16. The van der Waals surface area contributed by atoms with E-state index in [0.29, 0.717) is 11.8 Å². The van der Waals surface area contributed by atoms with Crippen molar-refractivity contribution in [2.24, 2.45) is 5.92 Å². The molecule has 1 atom stereocenters. The van der Waals surface area contributed by atoms with Crippen LogP contribution in [0.25, 0.3) is 0 Å². The van der Waals surface area contributed by atoms with Crippen LogP contribution in [0.3, 0.4) is 0 Å². The Morgan fingerprint density at radius 1 is 1.58 bits per heavy atom. The number of rotatable bonds is 4. The molecular formula is C11H16O. The first-order valence-corrected chi connectivity index (χ1v) is 4.40. The van der Waals surface area contributed by atoms with E-state index in [9.17, 15) is 0 Å². The van der Waals surface area contributed by atoms with Crippen LogP contribution in [-0.2, 0) is 0 Å². The molecule has 0 radical (unpaired) electrons. The van der Waals surface area contributed by atoms with Crippen LogP contribution in [0.5, 0.6) is 0 Å². The maximum absolute atomic E-state index is 5.36. The zero-order chi connectivity index (χ0) is 8.97. The molecule has 1 aromatic rings. The standard InChI is InChI=1S/C11H16O/c1-4-6-10(9(2)3)11-7-5-8-12-11/h4-5,7-10H,1,6H2,2-3H3. The highest BCUT2D eigenvalue weighted by molar-refractivity contribution is 5.07. The van der Waals surface area contributed by atoms with Gasteiger partial charge in [0.25, 0.3) is 0 Å². The Hall–Kier alpha value is -0.980. The van der Waals surface area contributed by atoms with Crippen LogP contribution in [0.15, 0.2) is 35.5 Å². The molecule has 66 valence electrons. The van der Waals surface area contributed by atoms with Gasteiger partial charge in [0, 0.05) is 5.92 Å². The van der Waals surface area contributed by atoms with Crippen LogP contribution >= 0.6 is 0 Å². The molecule has 0 N–H and O–H groups in total. The molecule has 1 unspecified atom stereocenters. The van der Waals surface area contributed by atoms with Crippen molar-refractivity contribution >= 4 is 0 Å². The van der Waals surface area contributed by atoms with Crippen molar-refractivity contribution in [3.63, 3.8) is 0 Å². The predicted octanol–water partition coefficient (Wildman–Crippen LogP) is 3.60. The average Bonchev–Trinajstić information content (AvgIpc) is 2.51. The third-order valence-electron chi connectivity index (χ3n) is 2.13. The third kappa shape index (κ3) is 2.00. The molecular weight excluding hydrogens is 148 g/mol. The van der Waals surface area contributed by atoms with Gasteiger partial charge in [0.05, 0.1) is 6.26 Å². The van der Waals surface area contributed by atoms with E-state index in [1.54, 1.807) is 6.26 Å². The van der Waals surface area contributed by atoms with E-state index in [2.05, 4.69) is 20.4 Å². The van der Waals surface area contributed by atoms with E-state index in [0.717, 1.165) is 12.2 Å². The third-order valence-corrected chi connectivity index (χ3v) is 2.13. The fourth-order valence-corrected chi connectivity index (χ4v) is 1.40. The Bertz CT molecular complexity index is 221. The molecule has 1 heteroatoms. The second-order valence-corrected chi connectivity index (χ2v) is 3.39. The van der Waals surface area contributed by atoms with Crippen molar-refractivity contribution in [3.8, 4) is 0 Å². The Balaban J connectivity index is 2.73. The quantitative estimate of drug-likeness (QED) is 0.620. The number of allylic oxidation sites excluding steroid dienone is 1. The molecule has 0 saturated carbocycles. The molecule has 1 aromatic heterocycles. The van der Waals surface area contributed by atoms with E-state index in [-0.39, 0.29) is 0 Å². The van der Waals surface area contributed by atoms with E-state index >= 15 is 0 Å². The van der Waals surface area contributed by atoms with Crippen LogP contribution in [0.1, 0.15) is 31.9 Å². The van der Waals surface area contributed by atoms with E-state index in [1.165, 1.54) is 0 Å². The fraction of sp³-hybridized carbons (Fsp3) is 0.455. The van der Waals surface area contributed by atoms with Crippen molar-refractivity contribution in [1.82, 2.24) is 0 Å². The summed E-state index contributed by atoms with van der Waals surface area (Å²) in [6.45, 7) is 8.16. The number of hydrogen-bond acceptors (Lipinski definition) is 1. The van der Waals surface area contributed by atoms with Gasteiger partial charge in [-0.1, -0.05) is 19.9 Å². The second kappa shape index (κ2) is 4.15. The minimum Gasteiger partial charge on any atom is -0.469 e. The minimum atomic E-state index is 0.484. The summed E-state index contributed by atoms with van der Waals surface area (Å²) in [6.07, 6.45) is 4.67. The first-order valence-electron chi connectivity index (χ1n) is 4.40.